The van der Waals surface area contributed by atoms with Gasteiger partial charge in [0.2, 0.25) is 6.41 Å². The van der Waals surface area contributed by atoms with Crippen molar-refractivity contribution in [1.29, 1.82) is 0 Å². The van der Waals surface area contributed by atoms with Crippen molar-refractivity contribution in [3.63, 3.8) is 0 Å². The maximum atomic E-state index is 12.6. The minimum Gasteiger partial charge on any atom is -0.355 e. The van der Waals surface area contributed by atoms with Gasteiger partial charge in [-0.15, -0.1) is 0 Å². The van der Waals surface area contributed by atoms with Gasteiger partial charge in [-0.1, -0.05) is 12.2 Å². The third-order valence-electron chi connectivity index (χ3n) is 1.54. The lowest BCUT2D eigenvalue weighted by Crippen LogP contribution is -2.13. The van der Waals surface area contributed by atoms with Crippen LogP contribution in [0.4, 0.5) is 4.39 Å². The highest BCUT2D eigenvalue weighted by atomic mass is 19.1. The molecule has 1 aliphatic carbocycles. The summed E-state index contributed by atoms with van der Waals surface area (Å²) < 4.78 is 12.6. The Kier molecular flexibility index (Phi) is 3.26. The van der Waals surface area contributed by atoms with Crippen LogP contribution < -0.4 is 5.32 Å². The molecule has 1 amide bonds. The molecule has 0 saturated carbocycles. The molecule has 0 saturated heterocycles. The first-order chi connectivity index (χ1) is 5.83. The second kappa shape index (κ2) is 4.49. The van der Waals surface area contributed by atoms with Crippen molar-refractivity contribution in [2.75, 3.05) is 6.54 Å². The van der Waals surface area contributed by atoms with Gasteiger partial charge in [0.1, 0.15) is 5.83 Å². The van der Waals surface area contributed by atoms with E-state index in [4.69, 9.17) is 0 Å². The van der Waals surface area contributed by atoms with Gasteiger partial charge in [0.05, 0.1) is 0 Å². The van der Waals surface area contributed by atoms with Crippen LogP contribution in [0.3, 0.4) is 0 Å². The largest absolute Gasteiger partial charge is 0.355 e. The Labute approximate surface area is 70.5 Å². The fraction of sp³-hybridized carbons (Fsp3) is 0.222. The van der Waals surface area contributed by atoms with Crippen molar-refractivity contribution in [2.45, 2.75) is 6.42 Å². The van der Waals surface area contributed by atoms with Gasteiger partial charge in [-0.2, -0.15) is 0 Å². The Morgan fingerprint density at radius 3 is 3.08 bits per heavy atom. The molecule has 0 bridgehead atoms. The van der Waals surface area contributed by atoms with E-state index in [1.54, 1.807) is 6.08 Å². The zero-order valence-corrected chi connectivity index (χ0v) is 6.59. The predicted octanol–water partition coefficient (Wildman–Crippen LogP) is 1.47. The second-order valence-electron chi connectivity index (χ2n) is 2.44. The fourth-order valence-electron chi connectivity index (χ4n) is 0.936. The predicted molar refractivity (Wildman–Crippen MR) is 45.1 cm³/mol. The summed E-state index contributed by atoms with van der Waals surface area (Å²) in [5, 5.41) is 2.51. The van der Waals surface area contributed by atoms with E-state index in [2.05, 4.69) is 5.32 Å². The zero-order chi connectivity index (χ0) is 8.81. The molecule has 0 unspecified atom stereocenters. The molecule has 0 heterocycles. The Morgan fingerprint density at radius 2 is 2.33 bits per heavy atom. The van der Waals surface area contributed by atoms with E-state index in [0.717, 1.165) is 5.57 Å². The SMILES string of the molecule is O=CNCC1=CCC=C(F)C=C1. The fourth-order valence-corrected chi connectivity index (χ4v) is 0.936. The molecule has 0 aliphatic heterocycles. The zero-order valence-electron chi connectivity index (χ0n) is 6.59. The van der Waals surface area contributed by atoms with Crippen LogP contribution in [0.2, 0.25) is 0 Å². The summed E-state index contributed by atoms with van der Waals surface area (Å²) in [6, 6.07) is 0. The maximum Gasteiger partial charge on any atom is 0.207 e. The van der Waals surface area contributed by atoms with Crippen LogP contribution in [0.15, 0.2) is 35.7 Å². The Hall–Kier alpha value is -1.38. The van der Waals surface area contributed by atoms with Crippen LogP contribution in [0.5, 0.6) is 0 Å². The number of halogens is 1. The van der Waals surface area contributed by atoms with Crippen LogP contribution in [-0.2, 0) is 4.79 Å². The summed E-state index contributed by atoms with van der Waals surface area (Å²) in [6.45, 7) is 0.459. The second-order valence-corrected chi connectivity index (χ2v) is 2.44. The molecule has 1 aliphatic rings. The lowest BCUT2D eigenvalue weighted by Gasteiger charge is -1.97. The van der Waals surface area contributed by atoms with Crippen molar-refractivity contribution in [2.24, 2.45) is 0 Å². The number of rotatable bonds is 3. The van der Waals surface area contributed by atoms with E-state index in [9.17, 15) is 9.18 Å². The van der Waals surface area contributed by atoms with Crippen molar-refractivity contribution < 1.29 is 9.18 Å². The van der Waals surface area contributed by atoms with Gasteiger partial charge in [0.25, 0.3) is 0 Å². The molecular formula is C9H10FNO. The molecule has 0 radical (unpaired) electrons. The van der Waals surface area contributed by atoms with E-state index >= 15 is 0 Å². The van der Waals surface area contributed by atoms with Gasteiger partial charge in [-0.3, -0.25) is 4.79 Å². The molecule has 0 aromatic heterocycles. The van der Waals surface area contributed by atoms with E-state index in [-0.39, 0.29) is 5.83 Å². The van der Waals surface area contributed by atoms with Crippen LogP contribution in [-0.4, -0.2) is 13.0 Å². The number of carbonyl (C=O) groups is 1. The molecule has 3 heteroatoms. The van der Waals surface area contributed by atoms with E-state index < -0.39 is 0 Å². The Morgan fingerprint density at radius 1 is 1.50 bits per heavy atom. The first kappa shape index (κ1) is 8.71. The molecule has 1 rings (SSSR count). The highest BCUT2D eigenvalue weighted by Gasteiger charge is 1.96. The molecule has 0 spiro atoms. The van der Waals surface area contributed by atoms with Gasteiger partial charge in [-0.05, 0) is 24.1 Å². The minimum atomic E-state index is -0.229. The number of amides is 1. The molecule has 0 fully saturated rings. The normalized spacial score (nSPS) is 16.1. The summed E-state index contributed by atoms with van der Waals surface area (Å²) in [5.74, 6) is -0.229. The number of nitrogens with one attached hydrogen (secondary N) is 1. The smallest absolute Gasteiger partial charge is 0.207 e. The van der Waals surface area contributed by atoms with Gasteiger partial charge in [-0.25, -0.2) is 4.39 Å². The third-order valence-corrected chi connectivity index (χ3v) is 1.54. The van der Waals surface area contributed by atoms with Gasteiger partial charge in [0.15, 0.2) is 0 Å². The van der Waals surface area contributed by atoms with Gasteiger partial charge < -0.3 is 5.32 Å². The summed E-state index contributed by atoms with van der Waals surface area (Å²) >= 11 is 0. The molecule has 0 aromatic carbocycles. The van der Waals surface area contributed by atoms with Crippen LogP contribution in [0.25, 0.3) is 0 Å². The number of carbonyl (C=O) groups excluding carboxylic acids is 1. The van der Waals surface area contributed by atoms with Crippen molar-refractivity contribution in [1.82, 2.24) is 5.32 Å². The highest BCUT2D eigenvalue weighted by molar-refractivity contribution is 5.47. The molecule has 2 nitrogen and oxygen atoms in total. The first-order valence-corrected chi connectivity index (χ1v) is 3.72. The molecule has 12 heavy (non-hydrogen) atoms. The Bertz CT molecular complexity index is 253. The van der Waals surface area contributed by atoms with Crippen molar-refractivity contribution >= 4 is 6.41 Å². The van der Waals surface area contributed by atoms with E-state index in [0.29, 0.717) is 19.4 Å². The lowest BCUT2D eigenvalue weighted by atomic mass is 10.2. The van der Waals surface area contributed by atoms with E-state index in [1.807, 2.05) is 6.08 Å². The maximum absolute atomic E-state index is 12.6. The van der Waals surface area contributed by atoms with Crippen LogP contribution in [0, 0.1) is 0 Å². The Balaban J connectivity index is 2.52. The minimum absolute atomic E-state index is 0.229. The topological polar surface area (TPSA) is 29.1 Å². The van der Waals surface area contributed by atoms with Crippen LogP contribution >= 0.6 is 0 Å². The van der Waals surface area contributed by atoms with E-state index in [1.165, 1.54) is 12.2 Å². The molecule has 0 atom stereocenters. The molecule has 1 N–H and O–H groups in total. The van der Waals surface area contributed by atoms with Gasteiger partial charge in [0, 0.05) is 6.54 Å². The molecule has 0 aromatic rings. The quantitative estimate of drug-likeness (QED) is 0.633. The number of allylic oxidation sites excluding steroid dienone is 4. The van der Waals surface area contributed by atoms with Crippen LogP contribution in [0.1, 0.15) is 6.42 Å². The average molecular weight is 167 g/mol. The summed E-state index contributed by atoms with van der Waals surface area (Å²) in [6.07, 6.45) is 7.63. The monoisotopic (exact) mass is 167 g/mol. The third kappa shape index (κ3) is 2.70. The summed E-state index contributed by atoms with van der Waals surface area (Å²) in [7, 11) is 0. The average Bonchev–Trinajstić information content (AvgIpc) is 2.27. The first-order valence-electron chi connectivity index (χ1n) is 3.72. The summed E-state index contributed by atoms with van der Waals surface area (Å²) in [5.41, 5.74) is 0.922. The molecule has 64 valence electrons. The lowest BCUT2D eigenvalue weighted by molar-refractivity contribution is -0.109. The molecular weight excluding hydrogens is 157 g/mol. The highest BCUT2D eigenvalue weighted by Crippen LogP contribution is 2.10. The number of hydrogen-bond acceptors (Lipinski definition) is 1. The van der Waals surface area contributed by atoms with Crippen molar-refractivity contribution in [3.8, 4) is 0 Å². The van der Waals surface area contributed by atoms with Gasteiger partial charge >= 0.3 is 0 Å². The number of hydrogen-bond donors (Lipinski definition) is 1. The summed E-state index contributed by atoms with van der Waals surface area (Å²) in [4.78, 5) is 9.95. The standard InChI is InChI=1S/C9H10FNO/c10-9-3-1-2-8(4-5-9)6-11-7-12/h2-5,7H,1,6H2,(H,11,12). The van der Waals surface area contributed by atoms with Crippen molar-refractivity contribution in [3.05, 3.63) is 35.7 Å².